The number of ether oxygens (including phenoxy) is 2. The average Bonchev–Trinajstić information content (AvgIpc) is 3.50. The van der Waals surface area contributed by atoms with Crippen molar-refractivity contribution in [2.75, 3.05) is 5.75 Å². The van der Waals surface area contributed by atoms with E-state index in [2.05, 4.69) is 19.1 Å². The summed E-state index contributed by atoms with van der Waals surface area (Å²) in [6.45, 7) is 2.64. The molecule has 5 aromatic rings. The van der Waals surface area contributed by atoms with Gasteiger partial charge in [-0.25, -0.2) is 4.98 Å². The molecule has 42 heavy (non-hydrogen) atoms. The van der Waals surface area contributed by atoms with E-state index in [0.29, 0.717) is 17.5 Å². The van der Waals surface area contributed by atoms with Gasteiger partial charge in [-0.15, -0.1) is 0 Å². The van der Waals surface area contributed by atoms with Gasteiger partial charge in [-0.3, -0.25) is 0 Å². The Morgan fingerprint density at radius 2 is 1.38 bits per heavy atom. The van der Waals surface area contributed by atoms with Gasteiger partial charge < -0.3 is 24.7 Å². The monoisotopic (exact) mass is 578 g/mol. The first-order valence-corrected chi connectivity index (χ1v) is 15.2. The highest BCUT2D eigenvalue weighted by Gasteiger charge is 2.38. The van der Waals surface area contributed by atoms with Crippen molar-refractivity contribution in [1.82, 2.24) is 4.98 Å². The Labute approximate surface area is 250 Å². The second-order valence-electron chi connectivity index (χ2n) is 10.5. The molecule has 1 aromatic heterocycles. The molecule has 1 aliphatic rings. The summed E-state index contributed by atoms with van der Waals surface area (Å²) >= 11 is 1.55. The minimum absolute atomic E-state index is 0.00589. The fraction of sp³-hybridized carbons (Fsp3) is 0.229. The lowest BCUT2D eigenvalue weighted by Crippen LogP contribution is -2.38. The number of nitrogens with two attached hydrogens (primary N) is 1. The van der Waals surface area contributed by atoms with E-state index in [4.69, 9.17) is 24.6 Å². The fourth-order valence-electron chi connectivity index (χ4n) is 5.21. The number of hydrogen-bond acceptors (Lipinski definition) is 7. The maximum absolute atomic E-state index is 9.53. The summed E-state index contributed by atoms with van der Waals surface area (Å²) in [5.41, 5.74) is 12.6. The molecule has 0 radical (unpaired) electrons. The number of aliphatic hydroxyl groups is 1. The van der Waals surface area contributed by atoms with Gasteiger partial charge in [0.05, 0.1) is 18.8 Å². The van der Waals surface area contributed by atoms with Crippen molar-refractivity contribution in [3.63, 3.8) is 0 Å². The van der Waals surface area contributed by atoms with Gasteiger partial charge in [0.2, 0.25) is 0 Å². The quantitative estimate of drug-likeness (QED) is 0.175. The Hall–Kier alpha value is -3.72. The standard InChI is InChI=1S/C35H34N2O4S/c1-23-30(22-42-35-37-31(26-8-4-2-5-9-26)33(41-35)27-10-6-3-7-11-27)39-34(29-18-12-24(20-36)13-19-29)40-32(23)28-16-14-25(21-38)15-17-28/h2-19,23,30,32,34,38H,20-22,36H2,1H3. The Kier molecular flexibility index (Phi) is 8.84. The number of rotatable bonds is 9. The molecule has 1 saturated heterocycles. The van der Waals surface area contributed by atoms with Gasteiger partial charge in [0.15, 0.2) is 12.1 Å². The number of thioether (sulfide) groups is 1. The zero-order valence-electron chi connectivity index (χ0n) is 23.4. The van der Waals surface area contributed by atoms with Crippen molar-refractivity contribution >= 4 is 11.8 Å². The van der Waals surface area contributed by atoms with Crippen LogP contribution in [-0.4, -0.2) is 21.9 Å². The zero-order chi connectivity index (χ0) is 28.9. The van der Waals surface area contributed by atoms with Crippen LogP contribution < -0.4 is 5.73 Å². The first kappa shape index (κ1) is 28.4. The smallest absolute Gasteiger partial charge is 0.256 e. The van der Waals surface area contributed by atoms with Crippen LogP contribution in [0.15, 0.2) is 119 Å². The van der Waals surface area contributed by atoms with Crippen LogP contribution in [0.4, 0.5) is 0 Å². The normalized spacial score (nSPS) is 20.5. The van der Waals surface area contributed by atoms with Crippen molar-refractivity contribution < 1.29 is 19.0 Å². The van der Waals surface area contributed by atoms with E-state index >= 15 is 0 Å². The molecule has 4 aromatic carbocycles. The maximum Gasteiger partial charge on any atom is 0.256 e. The predicted octanol–water partition coefficient (Wildman–Crippen LogP) is 7.54. The number of hydrogen-bond donors (Lipinski definition) is 2. The van der Waals surface area contributed by atoms with Crippen LogP contribution in [-0.2, 0) is 22.6 Å². The third-order valence-corrected chi connectivity index (χ3v) is 8.59. The van der Waals surface area contributed by atoms with Gasteiger partial charge in [0.25, 0.3) is 5.22 Å². The second kappa shape index (κ2) is 13.1. The molecular weight excluding hydrogens is 544 g/mol. The van der Waals surface area contributed by atoms with Crippen LogP contribution in [0.3, 0.4) is 0 Å². The molecule has 0 bridgehead atoms. The second-order valence-corrected chi connectivity index (χ2v) is 11.4. The molecule has 2 heterocycles. The molecule has 214 valence electrons. The van der Waals surface area contributed by atoms with Gasteiger partial charge in [-0.1, -0.05) is 128 Å². The van der Waals surface area contributed by atoms with Gasteiger partial charge >= 0.3 is 0 Å². The van der Waals surface area contributed by atoms with E-state index in [1.807, 2.05) is 97.1 Å². The molecule has 6 rings (SSSR count). The number of aliphatic hydroxyl groups excluding tert-OH is 1. The van der Waals surface area contributed by atoms with Crippen LogP contribution in [0.5, 0.6) is 0 Å². The first-order chi connectivity index (χ1) is 20.6. The summed E-state index contributed by atoms with van der Waals surface area (Å²) in [6.07, 6.45) is -0.872. The third kappa shape index (κ3) is 6.21. The lowest BCUT2D eigenvalue weighted by atomic mass is 9.91. The summed E-state index contributed by atoms with van der Waals surface area (Å²) in [7, 11) is 0. The van der Waals surface area contributed by atoms with Crippen molar-refractivity contribution in [3.05, 3.63) is 131 Å². The molecular formula is C35H34N2O4S. The Morgan fingerprint density at radius 1 is 0.762 bits per heavy atom. The number of benzene rings is 4. The van der Waals surface area contributed by atoms with Crippen LogP contribution in [0.25, 0.3) is 22.6 Å². The van der Waals surface area contributed by atoms with Crippen molar-refractivity contribution in [2.24, 2.45) is 11.7 Å². The highest BCUT2D eigenvalue weighted by molar-refractivity contribution is 7.99. The molecule has 7 heteroatoms. The maximum atomic E-state index is 9.53. The van der Waals surface area contributed by atoms with E-state index < -0.39 is 6.29 Å². The van der Waals surface area contributed by atoms with Gasteiger partial charge in [-0.2, -0.15) is 0 Å². The number of aromatic nitrogens is 1. The minimum atomic E-state index is -0.537. The molecule has 0 spiro atoms. The molecule has 4 atom stereocenters. The summed E-state index contributed by atoms with van der Waals surface area (Å²) < 4.78 is 19.6. The number of oxazole rings is 1. The molecule has 0 amide bonds. The van der Waals surface area contributed by atoms with Gasteiger partial charge in [0.1, 0.15) is 5.69 Å². The van der Waals surface area contributed by atoms with Gasteiger partial charge in [-0.05, 0) is 16.7 Å². The molecule has 0 saturated carbocycles. The summed E-state index contributed by atoms with van der Waals surface area (Å²) in [5, 5.41) is 10.1. The van der Waals surface area contributed by atoms with E-state index in [0.717, 1.165) is 44.8 Å². The van der Waals surface area contributed by atoms with Crippen molar-refractivity contribution in [2.45, 2.75) is 43.8 Å². The molecule has 4 unspecified atom stereocenters. The van der Waals surface area contributed by atoms with Crippen molar-refractivity contribution in [3.8, 4) is 22.6 Å². The molecule has 3 N–H and O–H groups in total. The van der Waals surface area contributed by atoms with Gasteiger partial charge in [0, 0.05) is 34.9 Å². The van der Waals surface area contributed by atoms with Crippen LogP contribution in [0.2, 0.25) is 0 Å². The predicted molar refractivity (Wildman–Crippen MR) is 165 cm³/mol. The summed E-state index contributed by atoms with van der Waals surface area (Å²) in [6, 6.07) is 36.2. The Bertz CT molecular complexity index is 1520. The van der Waals surface area contributed by atoms with Crippen LogP contribution in [0.1, 0.15) is 41.6 Å². The molecule has 1 fully saturated rings. The highest BCUT2D eigenvalue weighted by Crippen LogP contribution is 2.44. The minimum Gasteiger partial charge on any atom is -0.431 e. The highest BCUT2D eigenvalue weighted by atomic mass is 32.2. The summed E-state index contributed by atoms with van der Waals surface area (Å²) in [5.74, 6) is 1.44. The lowest BCUT2D eigenvalue weighted by molar-refractivity contribution is -0.268. The van der Waals surface area contributed by atoms with E-state index in [9.17, 15) is 5.11 Å². The average molecular weight is 579 g/mol. The van der Waals surface area contributed by atoms with Crippen LogP contribution in [0, 0.1) is 5.92 Å². The topological polar surface area (TPSA) is 90.7 Å². The SMILES string of the molecule is CC1C(CSc2nc(-c3ccccc3)c(-c3ccccc3)o2)OC(c2ccc(CN)cc2)OC1c1ccc(CO)cc1. The fourth-order valence-corrected chi connectivity index (χ4v) is 6.20. The van der Waals surface area contributed by atoms with Crippen molar-refractivity contribution in [1.29, 1.82) is 0 Å². The third-order valence-electron chi connectivity index (χ3n) is 7.67. The molecule has 0 aliphatic carbocycles. The lowest BCUT2D eigenvalue weighted by Gasteiger charge is -2.41. The van der Waals surface area contributed by atoms with E-state index in [-0.39, 0.29) is 24.7 Å². The molecule has 6 nitrogen and oxygen atoms in total. The Balaban J connectivity index is 1.28. The van der Waals surface area contributed by atoms with Crippen LogP contribution >= 0.6 is 11.8 Å². The van der Waals surface area contributed by atoms with E-state index in [1.54, 1.807) is 11.8 Å². The molecule has 1 aliphatic heterocycles. The summed E-state index contributed by atoms with van der Waals surface area (Å²) in [4.78, 5) is 4.93. The van der Waals surface area contributed by atoms with E-state index in [1.165, 1.54) is 0 Å². The zero-order valence-corrected chi connectivity index (χ0v) is 24.2. The number of nitrogens with zero attached hydrogens (tertiary/aromatic N) is 1. The first-order valence-electron chi connectivity index (χ1n) is 14.2. The Morgan fingerprint density at radius 3 is 2.02 bits per heavy atom. The largest absolute Gasteiger partial charge is 0.431 e.